The molecule has 1 aliphatic carbocycles. The van der Waals surface area contributed by atoms with E-state index in [0.717, 1.165) is 5.92 Å². The fraction of sp³-hybridized carbons (Fsp3) is 0.818. The molecule has 12 heavy (non-hydrogen) atoms. The summed E-state index contributed by atoms with van der Waals surface area (Å²) in [6, 6.07) is 0. The molecule has 1 fully saturated rings. The van der Waals surface area contributed by atoms with Crippen LogP contribution in [0.4, 0.5) is 0 Å². The van der Waals surface area contributed by atoms with Crippen molar-refractivity contribution in [2.75, 3.05) is 7.11 Å². The molecule has 0 radical (unpaired) electrons. The molecule has 1 heteroatoms. The highest BCUT2D eigenvalue weighted by Crippen LogP contribution is 2.33. The van der Waals surface area contributed by atoms with Gasteiger partial charge in [0.2, 0.25) is 0 Å². The van der Waals surface area contributed by atoms with Crippen LogP contribution in [0.3, 0.4) is 0 Å². The predicted molar refractivity (Wildman–Crippen MR) is 52.1 cm³/mol. The fourth-order valence-corrected chi connectivity index (χ4v) is 2.06. The Morgan fingerprint density at radius 3 is 2.58 bits per heavy atom. The van der Waals surface area contributed by atoms with Crippen LogP contribution in [0.5, 0.6) is 0 Å². The van der Waals surface area contributed by atoms with Gasteiger partial charge >= 0.3 is 0 Å². The van der Waals surface area contributed by atoms with Crippen molar-refractivity contribution in [2.24, 2.45) is 11.8 Å². The maximum Gasteiger partial charge on any atom is 0.0602 e. The predicted octanol–water partition coefficient (Wildman–Crippen LogP) is 3.01. The summed E-state index contributed by atoms with van der Waals surface area (Å²) in [7, 11) is 1.82. The highest BCUT2D eigenvalue weighted by Gasteiger charge is 2.27. The van der Waals surface area contributed by atoms with Gasteiger partial charge in [-0.05, 0) is 38.0 Å². The zero-order valence-corrected chi connectivity index (χ0v) is 8.47. The molecule has 70 valence electrons. The van der Waals surface area contributed by atoms with Crippen molar-refractivity contribution >= 4 is 0 Å². The van der Waals surface area contributed by atoms with E-state index in [1.807, 2.05) is 7.11 Å². The van der Waals surface area contributed by atoms with Gasteiger partial charge < -0.3 is 4.74 Å². The van der Waals surface area contributed by atoms with E-state index in [-0.39, 0.29) is 0 Å². The molecule has 0 amide bonds. The first-order valence-corrected chi connectivity index (χ1v) is 4.83. The molecule has 1 rings (SSSR count). The molecule has 1 nitrogen and oxygen atoms in total. The first-order valence-electron chi connectivity index (χ1n) is 4.83. The topological polar surface area (TPSA) is 9.23 Å². The molecule has 0 aromatic rings. The van der Waals surface area contributed by atoms with E-state index in [1.165, 1.54) is 24.8 Å². The van der Waals surface area contributed by atoms with E-state index in [9.17, 15) is 0 Å². The molecule has 0 aliphatic heterocycles. The SMILES string of the molecule is C=C(C)[C@@H]1CCC(C)[C@H](OC)C1. The van der Waals surface area contributed by atoms with Crippen LogP contribution in [0.25, 0.3) is 0 Å². The van der Waals surface area contributed by atoms with Crippen molar-refractivity contribution in [3.8, 4) is 0 Å². The van der Waals surface area contributed by atoms with E-state index in [1.54, 1.807) is 0 Å². The molecular formula is C11H20O. The highest BCUT2D eigenvalue weighted by molar-refractivity contribution is 4.99. The molecule has 1 aliphatic rings. The third-order valence-electron chi connectivity index (χ3n) is 3.12. The van der Waals surface area contributed by atoms with Crippen LogP contribution in [-0.4, -0.2) is 13.2 Å². The number of methoxy groups -OCH3 is 1. The minimum Gasteiger partial charge on any atom is -0.381 e. The first-order chi connectivity index (χ1) is 5.65. The van der Waals surface area contributed by atoms with Gasteiger partial charge in [0.15, 0.2) is 0 Å². The average Bonchev–Trinajstić information content (AvgIpc) is 2.05. The molecule has 0 spiro atoms. The molecule has 1 unspecified atom stereocenters. The van der Waals surface area contributed by atoms with Gasteiger partial charge in [-0.1, -0.05) is 19.1 Å². The molecule has 0 aromatic heterocycles. The summed E-state index contributed by atoms with van der Waals surface area (Å²) < 4.78 is 5.44. The van der Waals surface area contributed by atoms with Crippen molar-refractivity contribution in [3.05, 3.63) is 12.2 Å². The summed E-state index contributed by atoms with van der Waals surface area (Å²) in [5.41, 5.74) is 1.32. The van der Waals surface area contributed by atoms with E-state index in [0.29, 0.717) is 12.0 Å². The van der Waals surface area contributed by atoms with Crippen LogP contribution < -0.4 is 0 Å². The van der Waals surface area contributed by atoms with Crippen LogP contribution in [0.2, 0.25) is 0 Å². The molecular weight excluding hydrogens is 148 g/mol. The second-order valence-corrected chi connectivity index (χ2v) is 4.11. The van der Waals surface area contributed by atoms with Crippen molar-refractivity contribution in [3.63, 3.8) is 0 Å². The van der Waals surface area contributed by atoms with Crippen LogP contribution in [0.15, 0.2) is 12.2 Å². The van der Waals surface area contributed by atoms with E-state index >= 15 is 0 Å². The zero-order chi connectivity index (χ0) is 9.14. The Kier molecular flexibility index (Phi) is 3.33. The average molecular weight is 168 g/mol. The monoisotopic (exact) mass is 168 g/mol. The van der Waals surface area contributed by atoms with Gasteiger partial charge in [0.05, 0.1) is 6.10 Å². The van der Waals surface area contributed by atoms with Crippen molar-refractivity contribution < 1.29 is 4.74 Å². The maximum atomic E-state index is 5.44. The summed E-state index contributed by atoms with van der Waals surface area (Å²) in [5.74, 6) is 1.43. The number of hydrogen-bond donors (Lipinski definition) is 0. The zero-order valence-electron chi connectivity index (χ0n) is 8.47. The summed E-state index contributed by atoms with van der Waals surface area (Å²) >= 11 is 0. The molecule has 3 atom stereocenters. The maximum absolute atomic E-state index is 5.44. The Hall–Kier alpha value is -0.300. The smallest absolute Gasteiger partial charge is 0.0602 e. The number of hydrogen-bond acceptors (Lipinski definition) is 1. The van der Waals surface area contributed by atoms with Crippen LogP contribution in [0.1, 0.15) is 33.1 Å². The van der Waals surface area contributed by atoms with Gasteiger partial charge in [0, 0.05) is 7.11 Å². The number of allylic oxidation sites excluding steroid dienone is 1. The number of ether oxygens (including phenoxy) is 1. The van der Waals surface area contributed by atoms with Gasteiger partial charge in [-0.25, -0.2) is 0 Å². The summed E-state index contributed by atoms with van der Waals surface area (Å²) in [4.78, 5) is 0. The Morgan fingerprint density at radius 1 is 1.42 bits per heavy atom. The molecule has 0 saturated heterocycles. The van der Waals surface area contributed by atoms with E-state index < -0.39 is 0 Å². The fourth-order valence-electron chi connectivity index (χ4n) is 2.06. The lowest BCUT2D eigenvalue weighted by Gasteiger charge is -2.33. The van der Waals surface area contributed by atoms with Crippen LogP contribution in [-0.2, 0) is 4.74 Å². The first kappa shape index (κ1) is 9.79. The summed E-state index contributed by atoms with van der Waals surface area (Å²) in [5, 5.41) is 0. The number of rotatable bonds is 2. The lowest BCUT2D eigenvalue weighted by Crippen LogP contribution is -2.29. The third kappa shape index (κ3) is 2.10. The molecule has 0 bridgehead atoms. The van der Waals surface area contributed by atoms with Gasteiger partial charge in [-0.3, -0.25) is 0 Å². The quantitative estimate of drug-likeness (QED) is 0.576. The third-order valence-corrected chi connectivity index (χ3v) is 3.12. The van der Waals surface area contributed by atoms with E-state index in [2.05, 4.69) is 20.4 Å². The van der Waals surface area contributed by atoms with Gasteiger partial charge in [-0.2, -0.15) is 0 Å². The lowest BCUT2D eigenvalue weighted by atomic mass is 9.78. The second kappa shape index (κ2) is 4.08. The van der Waals surface area contributed by atoms with Crippen molar-refractivity contribution in [1.29, 1.82) is 0 Å². The van der Waals surface area contributed by atoms with E-state index in [4.69, 9.17) is 4.74 Å². The minimum atomic E-state index is 0.459. The minimum absolute atomic E-state index is 0.459. The summed E-state index contributed by atoms with van der Waals surface area (Å²) in [6.07, 6.45) is 4.22. The standard InChI is InChI=1S/C11H20O/c1-8(2)10-6-5-9(3)11(7-10)12-4/h9-11H,1,5-7H2,2-4H3/t9?,10-,11-/m1/s1. The molecule has 1 saturated carbocycles. The molecule has 0 aromatic carbocycles. The van der Waals surface area contributed by atoms with Crippen molar-refractivity contribution in [2.45, 2.75) is 39.2 Å². The second-order valence-electron chi connectivity index (χ2n) is 4.11. The summed E-state index contributed by atoms with van der Waals surface area (Å²) in [6.45, 7) is 8.43. The highest BCUT2D eigenvalue weighted by atomic mass is 16.5. The molecule has 0 N–H and O–H groups in total. The van der Waals surface area contributed by atoms with Gasteiger partial charge in [0.25, 0.3) is 0 Å². The Balaban J connectivity index is 2.49. The lowest BCUT2D eigenvalue weighted by molar-refractivity contribution is 0.0176. The van der Waals surface area contributed by atoms with Crippen molar-refractivity contribution in [1.82, 2.24) is 0 Å². The van der Waals surface area contributed by atoms with Gasteiger partial charge in [-0.15, -0.1) is 0 Å². The Morgan fingerprint density at radius 2 is 2.08 bits per heavy atom. The Bertz CT molecular complexity index is 162. The van der Waals surface area contributed by atoms with Crippen LogP contribution in [0, 0.1) is 11.8 Å². The normalized spacial score (nSPS) is 36.4. The molecule has 0 heterocycles. The Labute approximate surface area is 75.8 Å². The van der Waals surface area contributed by atoms with Crippen LogP contribution >= 0.6 is 0 Å². The van der Waals surface area contributed by atoms with Gasteiger partial charge in [0.1, 0.15) is 0 Å². The largest absolute Gasteiger partial charge is 0.381 e.